The van der Waals surface area contributed by atoms with Gasteiger partial charge in [-0.3, -0.25) is 3.97 Å². The average molecular weight is 234 g/mol. The van der Waals surface area contributed by atoms with Crippen molar-refractivity contribution in [1.82, 2.24) is 9.29 Å². The van der Waals surface area contributed by atoms with Crippen LogP contribution in [0.2, 0.25) is 0 Å². The van der Waals surface area contributed by atoms with Crippen LogP contribution in [0.5, 0.6) is 5.75 Å². The molecular formula is C12H14N2OS. The first-order valence-corrected chi connectivity index (χ1v) is 5.81. The second kappa shape index (κ2) is 3.71. The number of nitrogens with one attached hydrogen (secondary N) is 1. The SMILES string of the molecule is COc1ccc2c(c1)c1c(n2S)CCNC1. The fourth-order valence-electron chi connectivity index (χ4n) is 2.37. The summed E-state index contributed by atoms with van der Waals surface area (Å²) in [6.07, 6.45) is 1.04. The van der Waals surface area contributed by atoms with Crippen molar-refractivity contribution >= 4 is 23.7 Å². The highest BCUT2D eigenvalue weighted by Crippen LogP contribution is 2.31. The monoisotopic (exact) mass is 234 g/mol. The molecule has 0 radical (unpaired) electrons. The third-order valence-corrected chi connectivity index (χ3v) is 3.66. The Morgan fingerprint density at radius 1 is 1.44 bits per heavy atom. The molecule has 4 heteroatoms. The number of hydrogen-bond acceptors (Lipinski definition) is 3. The number of rotatable bonds is 1. The highest BCUT2D eigenvalue weighted by atomic mass is 32.1. The Labute approximate surface area is 99.9 Å². The molecule has 1 aromatic heterocycles. The predicted molar refractivity (Wildman–Crippen MR) is 68.3 cm³/mol. The summed E-state index contributed by atoms with van der Waals surface area (Å²) < 4.78 is 7.27. The molecule has 1 aromatic carbocycles. The number of benzene rings is 1. The normalized spacial score (nSPS) is 15.1. The van der Waals surface area contributed by atoms with Crippen molar-refractivity contribution in [2.75, 3.05) is 13.7 Å². The Hall–Kier alpha value is -1.13. The number of thiol groups is 1. The summed E-state index contributed by atoms with van der Waals surface area (Å²) in [5.41, 5.74) is 3.85. The van der Waals surface area contributed by atoms with E-state index in [1.54, 1.807) is 7.11 Å². The lowest BCUT2D eigenvalue weighted by atomic mass is 10.1. The molecule has 0 bridgehead atoms. The van der Waals surface area contributed by atoms with Gasteiger partial charge in [0.2, 0.25) is 0 Å². The summed E-state index contributed by atoms with van der Waals surface area (Å²) in [7, 11) is 1.70. The van der Waals surface area contributed by atoms with Gasteiger partial charge in [0.25, 0.3) is 0 Å². The molecule has 16 heavy (non-hydrogen) atoms. The summed E-state index contributed by atoms with van der Waals surface area (Å²) >= 11 is 4.56. The highest BCUT2D eigenvalue weighted by molar-refractivity contribution is 7.78. The molecule has 1 aliphatic heterocycles. The second-order valence-corrected chi connectivity index (χ2v) is 4.45. The van der Waals surface area contributed by atoms with Crippen LogP contribution in [-0.4, -0.2) is 17.6 Å². The first-order valence-electron chi connectivity index (χ1n) is 5.41. The van der Waals surface area contributed by atoms with Crippen LogP contribution >= 0.6 is 12.8 Å². The molecule has 0 spiro atoms. The molecule has 3 rings (SSSR count). The van der Waals surface area contributed by atoms with Crippen LogP contribution in [-0.2, 0) is 13.0 Å². The van der Waals surface area contributed by atoms with Crippen LogP contribution in [0.25, 0.3) is 10.9 Å². The number of nitrogens with zero attached hydrogens (tertiary/aromatic N) is 1. The molecule has 84 valence electrons. The zero-order chi connectivity index (χ0) is 11.1. The average Bonchev–Trinajstić information content (AvgIpc) is 2.64. The fourth-order valence-corrected chi connectivity index (χ4v) is 2.77. The van der Waals surface area contributed by atoms with Gasteiger partial charge in [-0.15, -0.1) is 0 Å². The topological polar surface area (TPSA) is 26.2 Å². The zero-order valence-corrected chi connectivity index (χ0v) is 10.1. The van der Waals surface area contributed by atoms with Crippen molar-refractivity contribution < 1.29 is 4.74 Å². The van der Waals surface area contributed by atoms with E-state index in [0.29, 0.717) is 0 Å². The Balaban J connectivity index is 2.31. The predicted octanol–water partition coefficient (Wildman–Crippen LogP) is 1.99. The number of aromatic nitrogens is 1. The maximum atomic E-state index is 5.27. The molecule has 0 unspecified atom stereocenters. The van der Waals surface area contributed by atoms with E-state index in [9.17, 15) is 0 Å². The first-order chi connectivity index (χ1) is 7.81. The van der Waals surface area contributed by atoms with E-state index in [2.05, 4.69) is 30.3 Å². The van der Waals surface area contributed by atoms with Crippen LogP contribution in [0.4, 0.5) is 0 Å². The Kier molecular flexibility index (Phi) is 2.33. The van der Waals surface area contributed by atoms with Crippen LogP contribution < -0.4 is 10.1 Å². The third kappa shape index (κ3) is 1.33. The van der Waals surface area contributed by atoms with Crippen molar-refractivity contribution in [3.63, 3.8) is 0 Å². The minimum absolute atomic E-state index is 0.903. The van der Waals surface area contributed by atoms with Gasteiger partial charge in [-0.05, 0) is 23.8 Å². The van der Waals surface area contributed by atoms with Crippen molar-refractivity contribution in [1.29, 1.82) is 0 Å². The lowest BCUT2D eigenvalue weighted by Crippen LogP contribution is -2.23. The third-order valence-electron chi connectivity index (χ3n) is 3.20. The van der Waals surface area contributed by atoms with E-state index in [0.717, 1.165) is 30.8 Å². The Morgan fingerprint density at radius 3 is 3.12 bits per heavy atom. The molecule has 0 saturated carbocycles. The van der Waals surface area contributed by atoms with Gasteiger partial charge < -0.3 is 10.1 Å². The van der Waals surface area contributed by atoms with Gasteiger partial charge in [-0.1, -0.05) is 12.8 Å². The van der Waals surface area contributed by atoms with Crippen molar-refractivity contribution in [3.05, 3.63) is 29.5 Å². The Morgan fingerprint density at radius 2 is 2.31 bits per heavy atom. The standard InChI is InChI=1S/C12H14N2OS/c1-15-8-2-3-11-9(6-8)10-7-13-5-4-12(10)14(11)16/h2-3,6,13,16H,4-5,7H2,1H3. The van der Waals surface area contributed by atoms with E-state index in [1.807, 2.05) is 10.0 Å². The number of ether oxygens (including phenoxy) is 1. The minimum atomic E-state index is 0.903. The molecule has 0 saturated heterocycles. The van der Waals surface area contributed by atoms with E-state index in [1.165, 1.54) is 16.6 Å². The van der Waals surface area contributed by atoms with Gasteiger partial charge in [0.05, 0.1) is 12.6 Å². The largest absolute Gasteiger partial charge is 0.497 e. The van der Waals surface area contributed by atoms with Crippen molar-refractivity contribution in [2.24, 2.45) is 0 Å². The van der Waals surface area contributed by atoms with Crippen LogP contribution in [0, 0.1) is 0 Å². The van der Waals surface area contributed by atoms with Crippen LogP contribution in [0.3, 0.4) is 0 Å². The zero-order valence-electron chi connectivity index (χ0n) is 9.16. The lowest BCUT2D eigenvalue weighted by Gasteiger charge is -2.14. The Bertz CT molecular complexity index is 547. The molecule has 0 atom stereocenters. The van der Waals surface area contributed by atoms with E-state index in [-0.39, 0.29) is 0 Å². The molecule has 0 amide bonds. The van der Waals surface area contributed by atoms with Gasteiger partial charge in [0.1, 0.15) is 5.75 Å². The highest BCUT2D eigenvalue weighted by Gasteiger charge is 2.18. The van der Waals surface area contributed by atoms with Crippen LogP contribution in [0.15, 0.2) is 18.2 Å². The van der Waals surface area contributed by atoms with Gasteiger partial charge in [0, 0.05) is 30.6 Å². The van der Waals surface area contributed by atoms with E-state index >= 15 is 0 Å². The molecular weight excluding hydrogens is 220 g/mol. The summed E-state index contributed by atoms with van der Waals surface area (Å²) in [4.78, 5) is 0. The smallest absolute Gasteiger partial charge is 0.119 e. The van der Waals surface area contributed by atoms with Gasteiger partial charge in [-0.25, -0.2) is 0 Å². The lowest BCUT2D eigenvalue weighted by molar-refractivity contribution is 0.415. The molecule has 3 nitrogen and oxygen atoms in total. The van der Waals surface area contributed by atoms with Gasteiger partial charge >= 0.3 is 0 Å². The van der Waals surface area contributed by atoms with E-state index in [4.69, 9.17) is 4.74 Å². The second-order valence-electron chi connectivity index (χ2n) is 4.05. The minimum Gasteiger partial charge on any atom is -0.497 e. The van der Waals surface area contributed by atoms with Gasteiger partial charge in [-0.2, -0.15) is 0 Å². The van der Waals surface area contributed by atoms with E-state index < -0.39 is 0 Å². The van der Waals surface area contributed by atoms with Gasteiger partial charge in [0.15, 0.2) is 0 Å². The molecule has 1 aliphatic rings. The number of methoxy groups -OCH3 is 1. The molecule has 2 aromatic rings. The fraction of sp³-hybridized carbons (Fsp3) is 0.333. The molecule has 0 aliphatic carbocycles. The van der Waals surface area contributed by atoms with Crippen LogP contribution in [0.1, 0.15) is 11.3 Å². The maximum Gasteiger partial charge on any atom is 0.119 e. The number of hydrogen-bond donors (Lipinski definition) is 2. The summed E-state index contributed by atoms with van der Waals surface area (Å²) in [6, 6.07) is 6.14. The maximum absolute atomic E-state index is 5.27. The summed E-state index contributed by atoms with van der Waals surface area (Å²) in [5, 5.41) is 4.64. The quantitative estimate of drug-likeness (QED) is 0.738. The number of fused-ring (bicyclic) bond motifs is 3. The first kappa shape index (κ1) is 10.1. The summed E-state index contributed by atoms with van der Waals surface area (Å²) in [6.45, 7) is 1.95. The van der Waals surface area contributed by atoms with Crippen molar-refractivity contribution in [3.8, 4) is 5.75 Å². The molecule has 2 heterocycles. The molecule has 0 fully saturated rings. The molecule has 1 N–H and O–H groups in total. The summed E-state index contributed by atoms with van der Waals surface area (Å²) in [5.74, 6) is 0.903. The van der Waals surface area contributed by atoms with Crippen molar-refractivity contribution in [2.45, 2.75) is 13.0 Å².